The van der Waals surface area contributed by atoms with Crippen LogP contribution in [0.25, 0.3) is 16.1 Å². The van der Waals surface area contributed by atoms with Crippen LogP contribution in [0.1, 0.15) is 17.3 Å². The lowest BCUT2D eigenvalue weighted by atomic mass is 10.1. The number of carbonyl (C=O) groups is 1. The van der Waals surface area contributed by atoms with E-state index in [9.17, 15) is 4.79 Å². The van der Waals surface area contributed by atoms with Crippen LogP contribution in [0, 0.1) is 0 Å². The number of azide groups is 1. The molecule has 7 heteroatoms. The lowest BCUT2D eigenvalue weighted by Crippen LogP contribution is -2.05. The summed E-state index contributed by atoms with van der Waals surface area (Å²) in [5, 5.41) is 7.58. The van der Waals surface area contributed by atoms with Gasteiger partial charge in [0.2, 0.25) is 0 Å². The van der Waals surface area contributed by atoms with Crippen LogP contribution in [0.15, 0.2) is 41.8 Å². The Morgan fingerprint density at radius 1 is 1.58 bits per heavy atom. The summed E-state index contributed by atoms with van der Waals surface area (Å²) in [4.78, 5) is 14.4. The van der Waals surface area contributed by atoms with E-state index in [1.165, 1.54) is 0 Å². The van der Waals surface area contributed by atoms with Crippen molar-refractivity contribution in [3.8, 4) is 5.69 Å². The van der Waals surface area contributed by atoms with Gasteiger partial charge in [0.05, 0.1) is 23.5 Å². The van der Waals surface area contributed by atoms with E-state index in [0.717, 1.165) is 0 Å². The summed E-state index contributed by atoms with van der Waals surface area (Å²) in [6.07, 6.45) is 3.38. The fraction of sp³-hybridized carbons (Fsp3) is 0.167. The fourth-order valence-electron chi connectivity index (χ4n) is 1.60. The van der Waals surface area contributed by atoms with Gasteiger partial charge in [-0.25, -0.2) is 9.48 Å². The Labute approximate surface area is 109 Å². The van der Waals surface area contributed by atoms with Gasteiger partial charge in [-0.05, 0) is 36.7 Å². The Hall–Kier alpha value is -2.79. The number of benzene rings is 1. The minimum Gasteiger partial charge on any atom is -0.462 e. The fourth-order valence-corrected chi connectivity index (χ4v) is 1.60. The molecule has 0 fully saturated rings. The van der Waals surface area contributed by atoms with E-state index in [1.807, 2.05) is 0 Å². The van der Waals surface area contributed by atoms with Crippen LogP contribution in [0.3, 0.4) is 0 Å². The third kappa shape index (κ3) is 2.72. The van der Waals surface area contributed by atoms with Crippen LogP contribution in [-0.4, -0.2) is 22.4 Å². The Kier molecular flexibility index (Phi) is 3.80. The summed E-state index contributed by atoms with van der Waals surface area (Å²) in [6, 6.07) is 6.61. The van der Waals surface area contributed by atoms with Crippen LogP contribution < -0.4 is 0 Å². The minimum absolute atomic E-state index is 0.217. The lowest BCUT2D eigenvalue weighted by Gasteiger charge is -2.07. The van der Waals surface area contributed by atoms with Crippen LogP contribution in [0.2, 0.25) is 0 Å². The van der Waals surface area contributed by atoms with Crippen molar-refractivity contribution in [1.29, 1.82) is 0 Å². The summed E-state index contributed by atoms with van der Waals surface area (Å²) in [5.41, 5.74) is 9.70. The quantitative estimate of drug-likeness (QED) is 0.364. The second kappa shape index (κ2) is 5.70. The van der Waals surface area contributed by atoms with Gasteiger partial charge in [-0.15, -0.1) is 0 Å². The van der Waals surface area contributed by atoms with E-state index < -0.39 is 5.97 Å². The van der Waals surface area contributed by atoms with Crippen molar-refractivity contribution in [2.75, 3.05) is 6.61 Å². The molecular formula is C12H11N5O2. The molecule has 0 bridgehead atoms. The minimum atomic E-state index is -0.517. The highest BCUT2D eigenvalue weighted by Crippen LogP contribution is 2.24. The normalized spacial score (nSPS) is 9.74. The average molecular weight is 257 g/mol. The molecule has 0 amide bonds. The molecular weight excluding hydrogens is 246 g/mol. The molecule has 0 spiro atoms. The molecule has 1 aromatic heterocycles. The molecule has 0 N–H and O–H groups in total. The van der Waals surface area contributed by atoms with Gasteiger partial charge in [-0.1, -0.05) is 5.11 Å². The topological polar surface area (TPSA) is 92.9 Å². The van der Waals surface area contributed by atoms with Crippen molar-refractivity contribution < 1.29 is 9.53 Å². The van der Waals surface area contributed by atoms with E-state index in [4.69, 9.17) is 10.3 Å². The van der Waals surface area contributed by atoms with Gasteiger partial charge < -0.3 is 4.74 Å². The molecule has 0 aliphatic heterocycles. The van der Waals surface area contributed by atoms with Gasteiger partial charge in [0.15, 0.2) is 0 Å². The van der Waals surface area contributed by atoms with Gasteiger partial charge >= 0.3 is 5.97 Å². The standard InChI is InChI=1S/C12H11N5O2/c1-2-19-12(18)10-5-4-9(8-11(10)15-16-13)17-7-3-6-14-17/h3-8H,2H2,1H3. The van der Waals surface area contributed by atoms with E-state index >= 15 is 0 Å². The number of ether oxygens (including phenoxy) is 1. The molecule has 19 heavy (non-hydrogen) atoms. The summed E-state index contributed by atoms with van der Waals surface area (Å²) < 4.78 is 6.50. The number of carbonyl (C=O) groups excluding carboxylic acids is 1. The molecule has 7 nitrogen and oxygen atoms in total. The molecule has 1 heterocycles. The molecule has 0 atom stereocenters. The van der Waals surface area contributed by atoms with Crippen LogP contribution in [0.5, 0.6) is 0 Å². The van der Waals surface area contributed by atoms with Gasteiger partial charge in [0.25, 0.3) is 0 Å². The number of hydrogen-bond donors (Lipinski definition) is 0. The largest absolute Gasteiger partial charge is 0.462 e. The number of nitrogens with zero attached hydrogens (tertiary/aromatic N) is 5. The monoisotopic (exact) mass is 257 g/mol. The Bertz CT molecular complexity index is 630. The maximum absolute atomic E-state index is 11.7. The maximum Gasteiger partial charge on any atom is 0.338 e. The number of rotatable bonds is 4. The van der Waals surface area contributed by atoms with Gasteiger partial charge in [-0.3, -0.25) is 0 Å². The highest BCUT2D eigenvalue weighted by Gasteiger charge is 2.12. The second-order valence-corrected chi connectivity index (χ2v) is 3.56. The first kappa shape index (κ1) is 12.7. The molecule has 1 aromatic carbocycles. The van der Waals surface area contributed by atoms with Crippen LogP contribution in [0.4, 0.5) is 5.69 Å². The van der Waals surface area contributed by atoms with E-state index in [-0.39, 0.29) is 17.9 Å². The molecule has 96 valence electrons. The predicted molar refractivity (Wildman–Crippen MR) is 68.3 cm³/mol. The number of hydrogen-bond acceptors (Lipinski definition) is 4. The molecule has 2 aromatic rings. The zero-order valence-electron chi connectivity index (χ0n) is 10.2. The van der Waals surface area contributed by atoms with Crippen molar-refractivity contribution in [3.63, 3.8) is 0 Å². The molecule has 0 aliphatic carbocycles. The summed E-state index contributed by atoms with van der Waals surface area (Å²) in [7, 11) is 0. The van der Waals surface area contributed by atoms with E-state index in [1.54, 1.807) is 48.3 Å². The third-order valence-corrected chi connectivity index (χ3v) is 2.40. The summed E-state index contributed by atoms with van der Waals surface area (Å²) in [6.45, 7) is 1.97. The molecule has 0 saturated carbocycles. The van der Waals surface area contributed by atoms with Gasteiger partial charge in [-0.2, -0.15) is 5.10 Å². The number of esters is 1. The smallest absolute Gasteiger partial charge is 0.338 e. The lowest BCUT2D eigenvalue weighted by molar-refractivity contribution is 0.0527. The van der Waals surface area contributed by atoms with E-state index in [2.05, 4.69) is 15.1 Å². The summed E-state index contributed by atoms with van der Waals surface area (Å²) >= 11 is 0. The summed E-state index contributed by atoms with van der Waals surface area (Å²) in [5.74, 6) is -0.517. The first-order chi connectivity index (χ1) is 9.26. The predicted octanol–water partition coefficient (Wildman–Crippen LogP) is 2.99. The Balaban J connectivity index is 2.46. The molecule has 2 rings (SSSR count). The van der Waals surface area contributed by atoms with Crippen molar-refractivity contribution in [2.24, 2.45) is 5.11 Å². The Morgan fingerprint density at radius 3 is 3.05 bits per heavy atom. The SMILES string of the molecule is CCOC(=O)c1ccc(-n2cccn2)cc1N=[N+]=[N-]. The van der Waals surface area contributed by atoms with Crippen LogP contribution in [-0.2, 0) is 4.74 Å². The third-order valence-electron chi connectivity index (χ3n) is 2.40. The first-order valence-corrected chi connectivity index (χ1v) is 5.62. The van der Waals surface area contributed by atoms with Crippen LogP contribution >= 0.6 is 0 Å². The highest BCUT2D eigenvalue weighted by molar-refractivity contribution is 5.95. The van der Waals surface area contributed by atoms with Crippen molar-refractivity contribution in [1.82, 2.24) is 9.78 Å². The maximum atomic E-state index is 11.7. The van der Waals surface area contributed by atoms with Crippen molar-refractivity contribution in [2.45, 2.75) is 6.92 Å². The van der Waals surface area contributed by atoms with Gasteiger partial charge in [0.1, 0.15) is 0 Å². The van der Waals surface area contributed by atoms with Gasteiger partial charge in [0, 0.05) is 17.3 Å². The first-order valence-electron chi connectivity index (χ1n) is 5.62. The zero-order chi connectivity index (χ0) is 13.7. The molecule has 0 unspecified atom stereocenters. The molecule has 0 saturated heterocycles. The second-order valence-electron chi connectivity index (χ2n) is 3.56. The van der Waals surface area contributed by atoms with Crippen molar-refractivity contribution >= 4 is 11.7 Å². The Morgan fingerprint density at radius 2 is 2.42 bits per heavy atom. The van der Waals surface area contributed by atoms with E-state index in [0.29, 0.717) is 5.69 Å². The zero-order valence-corrected chi connectivity index (χ0v) is 10.2. The highest BCUT2D eigenvalue weighted by atomic mass is 16.5. The molecule has 0 aliphatic rings. The van der Waals surface area contributed by atoms with Crippen molar-refractivity contribution in [3.05, 3.63) is 52.7 Å². The average Bonchev–Trinajstić information content (AvgIpc) is 2.93. The number of aromatic nitrogens is 2. The molecule has 0 radical (unpaired) electrons.